The molecule has 0 aromatic heterocycles. The summed E-state index contributed by atoms with van der Waals surface area (Å²) < 4.78 is 0. The molecule has 4 aromatic rings. The molecule has 4 rings (SSSR count). The lowest BCUT2D eigenvalue weighted by Gasteiger charge is -2.10. The standard InChI is InChI=1S/C27H20N2O5/c30-24-13-11-18(12-14-24)17-7-9-19(10-8-17)25(31)28-22-5-2-6-23(16-22)29-26(32)20-3-1-4-21(15-20)27(33)34/h1-16,30H,(H,28,31)(H,29,32)(H,33,34). The largest absolute Gasteiger partial charge is 0.508 e. The fraction of sp³-hybridized carbons (Fsp3) is 0. The van der Waals surface area contributed by atoms with Crippen LogP contribution in [0.25, 0.3) is 11.1 Å². The number of amides is 2. The minimum atomic E-state index is -1.12. The molecule has 0 radical (unpaired) electrons. The van der Waals surface area contributed by atoms with Crippen LogP contribution in [0.2, 0.25) is 0 Å². The number of aromatic carboxylic acids is 1. The van der Waals surface area contributed by atoms with Gasteiger partial charge in [0.15, 0.2) is 0 Å². The molecule has 0 spiro atoms. The van der Waals surface area contributed by atoms with Gasteiger partial charge in [-0.2, -0.15) is 0 Å². The summed E-state index contributed by atoms with van der Waals surface area (Å²) >= 11 is 0. The van der Waals surface area contributed by atoms with Crippen molar-refractivity contribution >= 4 is 29.2 Å². The van der Waals surface area contributed by atoms with E-state index in [9.17, 15) is 19.5 Å². The minimum Gasteiger partial charge on any atom is -0.508 e. The normalized spacial score (nSPS) is 10.4. The molecule has 7 heteroatoms. The molecule has 4 aromatic carbocycles. The fourth-order valence-corrected chi connectivity index (χ4v) is 3.34. The first-order valence-corrected chi connectivity index (χ1v) is 10.3. The summed E-state index contributed by atoms with van der Waals surface area (Å²) in [6.45, 7) is 0. The highest BCUT2D eigenvalue weighted by Crippen LogP contribution is 2.23. The Hall–Kier alpha value is -4.91. The number of rotatable bonds is 6. The van der Waals surface area contributed by atoms with E-state index in [0.717, 1.165) is 11.1 Å². The van der Waals surface area contributed by atoms with E-state index >= 15 is 0 Å². The van der Waals surface area contributed by atoms with Gasteiger partial charge in [0.05, 0.1) is 5.56 Å². The Balaban J connectivity index is 1.43. The Morgan fingerprint density at radius 3 is 1.65 bits per heavy atom. The van der Waals surface area contributed by atoms with Crippen LogP contribution in [0.5, 0.6) is 5.75 Å². The maximum atomic E-state index is 12.7. The SMILES string of the molecule is O=C(O)c1cccc(C(=O)Nc2cccc(NC(=O)c3ccc(-c4ccc(O)cc4)cc3)c2)c1. The fourth-order valence-electron chi connectivity index (χ4n) is 3.34. The van der Waals surface area contributed by atoms with Crippen LogP contribution in [0, 0.1) is 0 Å². The van der Waals surface area contributed by atoms with Crippen molar-refractivity contribution in [1.29, 1.82) is 0 Å². The van der Waals surface area contributed by atoms with Crippen LogP contribution >= 0.6 is 0 Å². The van der Waals surface area contributed by atoms with Crippen molar-refractivity contribution in [2.45, 2.75) is 0 Å². The number of phenolic OH excluding ortho intramolecular Hbond substituents is 1. The van der Waals surface area contributed by atoms with Crippen molar-refractivity contribution in [1.82, 2.24) is 0 Å². The number of phenols is 1. The van der Waals surface area contributed by atoms with Gasteiger partial charge in [0.2, 0.25) is 0 Å². The molecule has 2 amide bonds. The lowest BCUT2D eigenvalue weighted by molar-refractivity contribution is 0.0696. The van der Waals surface area contributed by atoms with Crippen molar-refractivity contribution in [3.63, 3.8) is 0 Å². The van der Waals surface area contributed by atoms with Gasteiger partial charge in [0.1, 0.15) is 5.75 Å². The molecule has 7 nitrogen and oxygen atoms in total. The molecule has 0 aliphatic carbocycles. The van der Waals surface area contributed by atoms with Crippen molar-refractivity contribution in [3.8, 4) is 16.9 Å². The highest BCUT2D eigenvalue weighted by atomic mass is 16.4. The van der Waals surface area contributed by atoms with E-state index in [-0.39, 0.29) is 22.8 Å². The summed E-state index contributed by atoms with van der Waals surface area (Å²) in [5, 5.41) is 24.0. The van der Waals surface area contributed by atoms with Crippen molar-refractivity contribution < 1.29 is 24.6 Å². The van der Waals surface area contributed by atoms with Gasteiger partial charge in [-0.15, -0.1) is 0 Å². The Bertz CT molecular complexity index is 1360. The number of benzene rings is 4. The number of hydrogen-bond acceptors (Lipinski definition) is 4. The van der Waals surface area contributed by atoms with Gasteiger partial charge in [0, 0.05) is 22.5 Å². The molecule has 0 fully saturated rings. The number of carbonyl (C=O) groups is 3. The number of carboxylic acid groups (broad SMARTS) is 1. The van der Waals surface area contributed by atoms with E-state index in [2.05, 4.69) is 10.6 Å². The number of aromatic hydroxyl groups is 1. The molecule has 0 saturated carbocycles. The third-order valence-corrected chi connectivity index (χ3v) is 5.10. The molecule has 4 N–H and O–H groups in total. The number of carbonyl (C=O) groups excluding carboxylic acids is 2. The third kappa shape index (κ3) is 5.28. The molecular weight excluding hydrogens is 432 g/mol. The Morgan fingerprint density at radius 1 is 0.559 bits per heavy atom. The predicted molar refractivity (Wildman–Crippen MR) is 129 cm³/mol. The van der Waals surface area contributed by atoms with E-state index in [1.165, 1.54) is 24.3 Å². The monoisotopic (exact) mass is 452 g/mol. The van der Waals surface area contributed by atoms with Crippen molar-refractivity contribution in [2.24, 2.45) is 0 Å². The number of carboxylic acids is 1. The Morgan fingerprint density at radius 2 is 1.06 bits per heavy atom. The zero-order valence-electron chi connectivity index (χ0n) is 17.9. The van der Waals surface area contributed by atoms with Gasteiger partial charge in [-0.05, 0) is 71.8 Å². The Kier molecular flexibility index (Phi) is 6.36. The van der Waals surface area contributed by atoms with Crippen molar-refractivity contribution in [3.05, 3.63) is 114 Å². The van der Waals surface area contributed by atoms with E-state index in [0.29, 0.717) is 16.9 Å². The van der Waals surface area contributed by atoms with Crippen LogP contribution in [0.4, 0.5) is 11.4 Å². The minimum absolute atomic E-state index is 0.0186. The molecule has 0 aliphatic heterocycles. The summed E-state index contributed by atoms with van der Waals surface area (Å²) in [6.07, 6.45) is 0. The summed E-state index contributed by atoms with van der Waals surface area (Å²) in [6, 6.07) is 26.2. The average molecular weight is 452 g/mol. The molecule has 168 valence electrons. The molecule has 34 heavy (non-hydrogen) atoms. The molecule has 0 bridgehead atoms. The number of hydrogen-bond donors (Lipinski definition) is 4. The van der Waals surface area contributed by atoms with Gasteiger partial charge in [-0.25, -0.2) is 4.79 Å². The van der Waals surface area contributed by atoms with E-state index in [1.807, 2.05) is 12.1 Å². The second-order valence-electron chi connectivity index (χ2n) is 7.50. The summed E-state index contributed by atoms with van der Waals surface area (Å²) in [5.74, 6) is -1.70. The smallest absolute Gasteiger partial charge is 0.335 e. The van der Waals surface area contributed by atoms with E-state index in [4.69, 9.17) is 5.11 Å². The zero-order valence-corrected chi connectivity index (χ0v) is 17.9. The summed E-state index contributed by atoms with van der Waals surface area (Å²) in [4.78, 5) is 36.3. The second-order valence-corrected chi connectivity index (χ2v) is 7.50. The number of anilines is 2. The van der Waals surface area contributed by atoms with Gasteiger partial charge in [-0.1, -0.05) is 36.4 Å². The van der Waals surface area contributed by atoms with Crippen LogP contribution in [-0.4, -0.2) is 28.0 Å². The summed E-state index contributed by atoms with van der Waals surface area (Å²) in [7, 11) is 0. The maximum absolute atomic E-state index is 12.7. The highest BCUT2D eigenvalue weighted by molar-refractivity contribution is 6.07. The van der Waals surface area contributed by atoms with Crippen LogP contribution in [-0.2, 0) is 0 Å². The predicted octanol–water partition coefficient (Wildman–Crippen LogP) is 5.26. The van der Waals surface area contributed by atoms with E-state index < -0.39 is 11.9 Å². The Labute approximate surface area is 195 Å². The molecule has 0 atom stereocenters. The van der Waals surface area contributed by atoms with Crippen LogP contribution in [0.3, 0.4) is 0 Å². The molecule has 0 unspecified atom stereocenters. The highest BCUT2D eigenvalue weighted by Gasteiger charge is 2.11. The lowest BCUT2D eigenvalue weighted by Crippen LogP contribution is -2.14. The van der Waals surface area contributed by atoms with Gasteiger partial charge in [-0.3, -0.25) is 9.59 Å². The molecule has 0 heterocycles. The van der Waals surface area contributed by atoms with Crippen LogP contribution in [0.1, 0.15) is 31.1 Å². The third-order valence-electron chi connectivity index (χ3n) is 5.10. The topological polar surface area (TPSA) is 116 Å². The first-order chi connectivity index (χ1) is 16.4. The van der Waals surface area contributed by atoms with Crippen LogP contribution in [0.15, 0.2) is 97.1 Å². The van der Waals surface area contributed by atoms with E-state index in [1.54, 1.807) is 60.7 Å². The zero-order chi connectivity index (χ0) is 24.1. The molecular formula is C27H20N2O5. The molecule has 0 aliphatic rings. The number of nitrogens with one attached hydrogen (secondary N) is 2. The molecule has 0 saturated heterocycles. The lowest BCUT2D eigenvalue weighted by atomic mass is 10.0. The van der Waals surface area contributed by atoms with Crippen molar-refractivity contribution in [2.75, 3.05) is 10.6 Å². The van der Waals surface area contributed by atoms with Gasteiger partial charge < -0.3 is 20.8 Å². The van der Waals surface area contributed by atoms with Crippen LogP contribution < -0.4 is 10.6 Å². The quantitative estimate of drug-likeness (QED) is 0.318. The maximum Gasteiger partial charge on any atom is 0.335 e. The van der Waals surface area contributed by atoms with Gasteiger partial charge in [0.25, 0.3) is 11.8 Å². The summed E-state index contributed by atoms with van der Waals surface area (Å²) in [5.41, 5.74) is 3.46. The first kappa shape index (κ1) is 22.3. The average Bonchev–Trinajstić information content (AvgIpc) is 2.85. The second kappa shape index (κ2) is 9.70. The first-order valence-electron chi connectivity index (χ1n) is 10.3. The van der Waals surface area contributed by atoms with Gasteiger partial charge >= 0.3 is 5.97 Å².